The summed E-state index contributed by atoms with van der Waals surface area (Å²) in [5, 5.41) is 178. The highest BCUT2D eigenvalue weighted by Crippen LogP contribution is 2.37. The van der Waals surface area contributed by atoms with Gasteiger partial charge in [-0.15, -0.1) is 0 Å². The molecule has 0 aromatic heterocycles. The smallest absolute Gasteiger partial charge is 0.217 e. The van der Waals surface area contributed by atoms with Crippen molar-refractivity contribution in [1.82, 2.24) is 5.32 Å². The van der Waals surface area contributed by atoms with Gasteiger partial charge in [-0.05, 0) is 44.9 Å². The molecule has 81 heavy (non-hydrogen) atoms. The summed E-state index contributed by atoms with van der Waals surface area (Å²) in [6.07, 6.45) is -50.8. The quantitative estimate of drug-likeness (QED) is 0.0427. The molecule has 32 nitrogen and oxygen atoms in total. The van der Waals surface area contributed by atoms with Gasteiger partial charge in [0.1, 0.15) is 153 Å². The van der Waals surface area contributed by atoms with Gasteiger partial charge in [0.05, 0.1) is 32.5 Å². The number of para-hydroxylation sites is 1. The summed E-state index contributed by atoms with van der Waals surface area (Å²) >= 11 is 0. The van der Waals surface area contributed by atoms with Gasteiger partial charge in [0.15, 0.2) is 37.7 Å². The first-order valence-electron chi connectivity index (χ1n) is 26.7. The molecule has 0 saturated carbocycles. The molecule has 7 rings (SSSR count). The highest BCUT2D eigenvalue weighted by atomic mass is 16.8. The van der Waals surface area contributed by atoms with E-state index < -0.39 is 217 Å². The molecule has 30 atom stereocenters. The summed E-state index contributed by atoms with van der Waals surface area (Å²) in [7, 11) is 0. The first-order valence-corrected chi connectivity index (χ1v) is 26.7. The summed E-state index contributed by atoms with van der Waals surface area (Å²) in [5.74, 6) is -0.460. The van der Waals surface area contributed by atoms with Crippen LogP contribution in [0.3, 0.4) is 0 Å². The average molecular weight is 1180 g/mol. The Morgan fingerprint density at radius 2 is 0.938 bits per heavy atom. The SMILES string of the molecule is CC(=O)N[C@H]1[C@H](O[C@H]2[C@@H](O)[C@@H](CO)O[C@H](O[C@@H]3[C@H](O)[C@@H](O)[C@H](O[C@H]4[C@H](O)[C@@H](O)[C@H](OCCCCCN)O[C@@H]4COc4ccccc4)O[C@@H]3CO)[C@@H]2O)O[C@H](CO)[C@H](O)[C@@H]1O[C@@H]1O[C@H](CO)[C@H](O)[C@H](O)[C@H]1O[C@@H]1O[C@@H](C)[C@@H](O)[C@@H](O)[C@@H]1O. The number of rotatable bonds is 24. The highest BCUT2D eigenvalue weighted by Gasteiger charge is 2.58. The molecule has 6 heterocycles. The number of hydrogen-bond acceptors (Lipinski definition) is 31. The molecule has 19 N–H and O–H groups in total. The van der Waals surface area contributed by atoms with Crippen LogP contribution in [0.4, 0.5) is 0 Å². The van der Waals surface area contributed by atoms with Crippen molar-refractivity contribution in [1.29, 1.82) is 0 Å². The number of aliphatic hydroxyl groups excluding tert-OH is 16. The van der Waals surface area contributed by atoms with Crippen LogP contribution in [-0.4, -0.2) is 318 Å². The van der Waals surface area contributed by atoms with Gasteiger partial charge < -0.3 is 154 Å². The number of benzene rings is 1. The largest absolute Gasteiger partial charge is 0.491 e. The van der Waals surface area contributed by atoms with E-state index in [0.29, 0.717) is 18.7 Å². The molecule has 6 saturated heterocycles. The minimum absolute atomic E-state index is 0.133. The molecule has 1 aromatic rings. The molecular weight excluding hydrogens is 1100 g/mol. The summed E-state index contributed by atoms with van der Waals surface area (Å²) in [6.45, 7) is -1.32. The Hall–Kier alpha value is -2.67. The first kappa shape index (κ1) is 65.9. The third-order valence-corrected chi connectivity index (χ3v) is 14.9. The number of carbonyl (C=O) groups is 1. The summed E-state index contributed by atoms with van der Waals surface area (Å²) < 4.78 is 76.4. The summed E-state index contributed by atoms with van der Waals surface area (Å²) in [5.41, 5.74) is 5.58. The maximum Gasteiger partial charge on any atom is 0.217 e. The molecule has 0 unspecified atom stereocenters. The Balaban J connectivity index is 1.08. The molecule has 6 fully saturated rings. The number of nitrogens with one attached hydrogen (secondary N) is 1. The maximum atomic E-state index is 12.9. The van der Waals surface area contributed by atoms with Gasteiger partial charge in [-0.25, -0.2) is 0 Å². The van der Waals surface area contributed by atoms with E-state index in [0.717, 1.165) is 19.8 Å². The molecular formula is C49H80N2O30. The zero-order chi connectivity index (χ0) is 59.0. The van der Waals surface area contributed by atoms with Gasteiger partial charge in [0, 0.05) is 13.5 Å². The summed E-state index contributed by atoms with van der Waals surface area (Å²) in [6, 6.07) is 6.67. The van der Waals surface area contributed by atoms with Crippen LogP contribution < -0.4 is 15.8 Å². The summed E-state index contributed by atoms with van der Waals surface area (Å²) in [4.78, 5) is 12.9. The van der Waals surface area contributed by atoms with Crippen molar-refractivity contribution < 1.29 is 148 Å². The number of carbonyl (C=O) groups excluding carboxylic acids is 1. The lowest BCUT2D eigenvalue weighted by Crippen LogP contribution is -2.70. The minimum Gasteiger partial charge on any atom is -0.491 e. The average Bonchev–Trinajstić information content (AvgIpc) is 3.54. The van der Waals surface area contributed by atoms with E-state index in [1.165, 1.54) is 6.92 Å². The van der Waals surface area contributed by atoms with Gasteiger partial charge in [0.2, 0.25) is 5.91 Å². The second kappa shape index (κ2) is 30.1. The van der Waals surface area contributed by atoms with Gasteiger partial charge >= 0.3 is 0 Å². The Morgan fingerprint density at radius 3 is 1.56 bits per heavy atom. The van der Waals surface area contributed by atoms with E-state index >= 15 is 0 Å². The lowest BCUT2D eigenvalue weighted by atomic mass is 9.94. The predicted molar refractivity (Wildman–Crippen MR) is 261 cm³/mol. The van der Waals surface area contributed by atoms with Crippen molar-refractivity contribution in [2.45, 2.75) is 217 Å². The molecule has 0 bridgehead atoms. The lowest BCUT2D eigenvalue weighted by molar-refractivity contribution is -0.393. The first-order chi connectivity index (χ1) is 38.7. The monoisotopic (exact) mass is 1180 g/mol. The van der Waals surface area contributed by atoms with Crippen LogP contribution in [0.2, 0.25) is 0 Å². The number of ether oxygens (including phenoxy) is 13. The van der Waals surface area contributed by atoms with E-state index in [4.69, 9.17) is 67.3 Å². The minimum atomic E-state index is -2.21. The van der Waals surface area contributed by atoms with Crippen LogP contribution in [0, 0.1) is 0 Å². The maximum absolute atomic E-state index is 12.9. The molecule has 6 aliphatic heterocycles. The fourth-order valence-corrected chi connectivity index (χ4v) is 10.3. The molecule has 466 valence electrons. The van der Waals surface area contributed by atoms with Crippen molar-refractivity contribution in [3.8, 4) is 5.75 Å². The van der Waals surface area contributed by atoms with Crippen molar-refractivity contribution >= 4 is 5.91 Å². The number of unbranched alkanes of at least 4 members (excludes halogenated alkanes) is 2. The van der Waals surface area contributed by atoms with Gasteiger partial charge in [-0.1, -0.05) is 18.2 Å². The van der Waals surface area contributed by atoms with E-state index in [1.807, 2.05) is 0 Å². The second-order valence-corrected chi connectivity index (χ2v) is 20.6. The fraction of sp³-hybridized carbons (Fsp3) is 0.857. The number of nitrogens with two attached hydrogens (primary N) is 1. The van der Waals surface area contributed by atoms with Crippen LogP contribution in [0.25, 0.3) is 0 Å². The Morgan fingerprint density at radius 1 is 0.469 bits per heavy atom. The third kappa shape index (κ3) is 15.3. The number of hydrogen-bond donors (Lipinski definition) is 18. The molecule has 1 aromatic carbocycles. The van der Waals surface area contributed by atoms with Gasteiger partial charge in [0.25, 0.3) is 0 Å². The van der Waals surface area contributed by atoms with Crippen molar-refractivity contribution in [3.05, 3.63) is 30.3 Å². The second-order valence-electron chi connectivity index (χ2n) is 20.6. The Kier molecular flexibility index (Phi) is 24.5. The third-order valence-electron chi connectivity index (χ3n) is 14.9. The standard InChI is InChI=1S/C49H80N2O30/c1-18-27(57)31(61)35(65)46(71-18)81-43-32(62)28(58)21(13-52)74-49(43)79-41-26(51-19(2)56)44(72-22(14-53)29(41)59)80-42-30(60)23(15-54)73-48(38(42)68)77-39-24(16-55)75-47(37(67)34(39)64)78-40-25(17-70-20-9-5-3-6-10-20)76-45(36(66)33(40)63)69-12-8-4-7-11-50/h3,5-6,9-10,18,21-49,52-55,57-68H,4,7-8,11-17,50H2,1-2H3,(H,51,56)/t18-,21+,22+,23+,24+,25+,26+,27+,28-,29-,30-,31+,32-,33+,34+,35-,36+,37+,38+,39-,40+,41+,42-,43+,44-,45+,46-,47-,48+,49-/m0/s1. The molecule has 0 aliphatic carbocycles. The van der Waals surface area contributed by atoms with E-state index in [1.54, 1.807) is 30.3 Å². The van der Waals surface area contributed by atoms with Crippen LogP contribution in [0.15, 0.2) is 30.3 Å². The fourth-order valence-electron chi connectivity index (χ4n) is 10.3. The van der Waals surface area contributed by atoms with Crippen molar-refractivity contribution in [2.75, 3.05) is 46.2 Å². The van der Waals surface area contributed by atoms with Crippen LogP contribution >= 0.6 is 0 Å². The van der Waals surface area contributed by atoms with Crippen molar-refractivity contribution in [3.63, 3.8) is 0 Å². The van der Waals surface area contributed by atoms with E-state index in [-0.39, 0.29) is 13.2 Å². The zero-order valence-electron chi connectivity index (χ0n) is 44.2. The molecule has 0 radical (unpaired) electrons. The molecule has 6 aliphatic rings. The van der Waals surface area contributed by atoms with Crippen LogP contribution in [0.1, 0.15) is 33.1 Å². The topological polar surface area (TPSA) is 499 Å². The zero-order valence-corrected chi connectivity index (χ0v) is 44.2. The lowest BCUT2D eigenvalue weighted by Gasteiger charge is -2.51. The molecule has 32 heteroatoms. The van der Waals surface area contributed by atoms with E-state index in [2.05, 4.69) is 5.32 Å². The van der Waals surface area contributed by atoms with Gasteiger partial charge in [-0.2, -0.15) is 0 Å². The Labute approximate surface area is 463 Å². The number of amides is 1. The normalized spacial score (nSPS) is 46.0. The molecule has 1 amide bonds. The predicted octanol–water partition coefficient (Wildman–Crippen LogP) is -9.69. The van der Waals surface area contributed by atoms with E-state index in [9.17, 15) is 86.5 Å². The van der Waals surface area contributed by atoms with Crippen molar-refractivity contribution in [2.24, 2.45) is 5.73 Å². The van der Waals surface area contributed by atoms with Crippen LogP contribution in [0.5, 0.6) is 5.75 Å². The van der Waals surface area contributed by atoms with Gasteiger partial charge in [-0.3, -0.25) is 4.79 Å². The van der Waals surface area contributed by atoms with Crippen LogP contribution in [-0.2, 0) is 61.6 Å². The highest BCUT2D eigenvalue weighted by molar-refractivity contribution is 5.73. The molecule has 0 spiro atoms. The Bertz CT molecular complexity index is 2030. The number of aliphatic hydroxyl groups is 16.